The van der Waals surface area contributed by atoms with Crippen molar-refractivity contribution in [3.63, 3.8) is 0 Å². The van der Waals surface area contributed by atoms with E-state index in [0.717, 1.165) is 44.0 Å². The van der Waals surface area contributed by atoms with Gasteiger partial charge in [-0.2, -0.15) is 0 Å². The number of hydrogen-bond donors (Lipinski definition) is 1. The van der Waals surface area contributed by atoms with Crippen LogP contribution in [-0.4, -0.2) is 37.5 Å². The Morgan fingerprint density at radius 1 is 1.00 bits per heavy atom. The minimum atomic E-state index is 0. The van der Waals surface area contributed by atoms with Crippen LogP contribution in [0.3, 0.4) is 0 Å². The zero-order chi connectivity index (χ0) is 17.5. The minimum Gasteiger partial charge on any atom is -0.342 e. The van der Waals surface area contributed by atoms with Crippen LogP contribution in [0, 0.1) is 5.92 Å². The summed E-state index contributed by atoms with van der Waals surface area (Å²) in [4.78, 5) is 14.6. The highest BCUT2D eigenvalue weighted by atomic mass is 35.5. The van der Waals surface area contributed by atoms with Gasteiger partial charge in [0.05, 0.1) is 6.42 Å². The summed E-state index contributed by atoms with van der Waals surface area (Å²) in [7, 11) is 2.00. The number of carbonyl (C=O) groups is 1. The Morgan fingerprint density at radius 2 is 1.62 bits per heavy atom. The lowest BCUT2D eigenvalue weighted by Crippen LogP contribution is -2.39. The monoisotopic (exact) mass is 372 g/mol. The van der Waals surface area contributed by atoms with Crippen LogP contribution in [0.15, 0.2) is 54.6 Å². The average Bonchev–Trinajstić information content (AvgIpc) is 2.68. The fraction of sp³-hybridized carbons (Fsp3) is 0.409. The van der Waals surface area contributed by atoms with E-state index < -0.39 is 0 Å². The Hall–Kier alpha value is -1.84. The summed E-state index contributed by atoms with van der Waals surface area (Å²) in [5.41, 5.74) is 3.51. The maximum atomic E-state index is 12.6. The second kappa shape index (κ2) is 10.3. The lowest BCUT2D eigenvalue weighted by molar-refractivity contribution is -0.131. The third kappa shape index (κ3) is 5.58. The van der Waals surface area contributed by atoms with Crippen molar-refractivity contribution < 1.29 is 4.79 Å². The minimum absolute atomic E-state index is 0. The first-order valence-corrected chi connectivity index (χ1v) is 9.33. The summed E-state index contributed by atoms with van der Waals surface area (Å²) >= 11 is 0. The number of likely N-dealkylation sites (tertiary alicyclic amines) is 1. The van der Waals surface area contributed by atoms with E-state index in [9.17, 15) is 4.79 Å². The number of rotatable bonds is 6. The number of nitrogens with zero attached hydrogens (tertiary/aromatic N) is 1. The average molecular weight is 373 g/mol. The summed E-state index contributed by atoms with van der Waals surface area (Å²) in [6.07, 6.45) is 4.01. The summed E-state index contributed by atoms with van der Waals surface area (Å²) in [6.45, 7) is 2.90. The lowest BCUT2D eigenvalue weighted by Gasteiger charge is -2.32. The first kappa shape index (κ1) is 20.5. The van der Waals surface area contributed by atoms with E-state index in [1.54, 1.807) is 0 Å². The van der Waals surface area contributed by atoms with Gasteiger partial charge in [-0.25, -0.2) is 0 Å². The standard InChI is InChI=1S/C22H28N2O.ClH/c1-23-14-11-18-12-15-24(16-13-18)22(25)17-19-7-9-21(10-8-19)20-5-3-2-4-6-20;/h2-10,18,23H,11-17H2,1H3;1H. The molecule has 0 spiro atoms. The van der Waals surface area contributed by atoms with Gasteiger partial charge in [-0.1, -0.05) is 54.6 Å². The number of amides is 1. The van der Waals surface area contributed by atoms with Crippen LogP contribution in [0.5, 0.6) is 0 Å². The van der Waals surface area contributed by atoms with E-state index in [4.69, 9.17) is 0 Å². The maximum Gasteiger partial charge on any atom is 0.226 e. The van der Waals surface area contributed by atoms with E-state index in [2.05, 4.69) is 41.7 Å². The lowest BCUT2D eigenvalue weighted by atomic mass is 9.93. The van der Waals surface area contributed by atoms with Crippen LogP contribution >= 0.6 is 12.4 Å². The number of piperidine rings is 1. The molecule has 1 heterocycles. The molecule has 2 aromatic carbocycles. The largest absolute Gasteiger partial charge is 0.342 e. The van der Waals surface area contributed by atoms with E-state index in [0.29, 0.717) is 6.42 Å². The number of hydrogen-bond acceptors (Lipinski definition) is 2. The van der Waals surface area contributed by atoms with Crippen LogP contribution in [0.1, 0.15) is 24.8 Å². The fourth-order valence-electron chi connectivity index (χ4n) is 3.55. The Labute approximate surface area is 163 Å². The second-order valence-electron chi connectivity index (χ2n) is 6.96. The molecule has 1 saturated heterocycles. The Balaban J connectivity index is 0.00000243. The molecule has 0 atom stereocenters. The summed E-state index contributed by atoms with van der Waals surface area (Å²) in [6, 6.07) is 18.7. The topological polar surface area (TPSA) is 32.3 Å². The van der Waals surface area contributed by atoms with Crippen molar-refractivity contribution in [1.29, 1.82) is 0 Å². The number of nitrogens with one attached hydrogen (secondary N) is 1. The molecule has 0 aromatic heterocycles. The van der Waals surface area contributed by atoms with Crippen LogP contribution in [0.25, 0.3) is 11.1 Å². The van der Waals surface area contributed by atoms with Crippen LogP contribution in [0.2, 0.25) is 0 Å². The number of benzene rings is 2. The van der Waals surface area contributed by atoms with Gasteiger partial charge in [-0.15, -0.1) is 12.4 Å². The third-order valence-electron chi connectivity index (χ3n) is 5.19. The van der Waals surface area contributed by atoms with E-state index in [1.807, 2.05) is 30.1 Å². The molecule has 0 radical (unpaired) electrons. The maximum absolute atomic E-state index is 12.6. The molecule has 1 amide bonds. The van der Waals surface area contributed by atoms with Crippen molar-refractivity contribution in [2.75, 3.05) is 26.7 Å². The zero-order valence-electron chi connectivity index (χ0n) is 15.5. The molecule has 0 unspecified atom stereocenters. The quantitative estimate of drug-likeness (QED) is 0.825. The second-order valence-corrected chi connectivity index (χ2v) is 6.96. The van der Waals surface area contributed by atoms with Crippen molar-refractivity contribution in [3.05, 3.63) is 60.2 Å². The molecule has 1 fully saturated rings. The summed E-state index contributed by atoms with van der Waals surface area (Å²) in [5, 5.41) is 3.22. The molecule has 3 rings (SSSR count). The molecule has 4 heteroatoms. The highest BCUT2D eigenvalue weighted by Gasteiger charge is 2.22. The Morgan fingerprint density at radius 3 is 2.23 bits per heavy atom. The Kier molecular flexibility index (Phi) is 8.14. The van der Waals surface area contributed by atoms with Crippen molar-refractivity contribution in [1.82, 2.24) is 10.2 Å². The van der Waals surface area contributed by atoms with Crippen molar-refractivity contribution >= 4 is 18.3 Å². The molecule has 26 heavy (non-hydrogen) atoms. The predicted octanol–water partition coefficient (Wildman–Crippen LogP) is 4.17. The van der Waals surface area contributed by atoms with E-state index in [1.165, 1.54) is 17.5 Å². The van der Waals surface area contributed by atoms with Gasteiger partial charge in [-0.05, 0) is 55.5 Å². The molecule has 140 valence electrons. The molecule has 1 aliphatic heterocycles. The summed E-state index contributed by atoms with van der Waals surface area (Å²) < 4.78 is 0. The van der Waals surface area contributed by atoms with Gasteiger partial charge >= 0.3 is 0 Å². The van der Waals surface area contributed by atoms with Gasteiger partial charge in [0.2, 0.25) is 5.91 Å². The van der Waals surface area contributed by atoms with Gasteiger partial charge < -0.3 is 10.2 Å². The van der Waals surface area contributed by atoms with E-state index in [-0.39, 0.29) is 18.3 Å². The first-order chi connectivity index (χ1) is 12.3. The molecule has 0 saturated carbocycles. The van der Waals surface area contributed by atoms with Crippen molar-refractivity contribution in [2.45, 2.75) is 25.7 Å². The number of carbonyl (C=O) groups excluding carboxylic acids is 1. The van der Waals surface area contributed by atoms with E-state index >= 15 is 0 Å². The van der Waals surface area contributed by atoms with Crippen LogP contribution in [0.4, 0.5) is 0 Å². The summed E-state index contributed by atoms with van der Waals surface area (Å²) in [5.74, 6) is 1.03. The van der Waals surface area contributed by atoms with Crippen LogP contribution < -0.4 is 5.32 Å². The predicted molar refractivity (Wildman–Crippen MR) is 111 cm³/mol. The molecule has 1 N–H and O–H groups in total. The SMILES string of the molecule is CNCCC1CCN(C(=O)Cc2ccc(-c3ccccc3)cc2)CC1.Cl. The van der Waals surface area contributed by atoms with Crippen molar-refractivity contribution in [3.8, 4) is 11.1 Å². The fourth-order valence-corrected chi connectivity index (χ4v) is 3.55. The van der Waals surface area contributed by atoms with Gasteiger partial charge in [0.25, 0.3) is 0 Å². The van der Waals surface area contributed by atoms with Gasteiger partial charge in [0.1, 0.15) is 0 Å². The Bertz CT molecular complexity index is 664. The number of halogens is 1. The molecule has 0 bridgehead atoms. The molecule has 0 aliphatic carbocycles. The highest BCUT2D eigenvalue weighted by molar-refractivity contribution is 5.85. The molecular weight excluding hydrogens is 344 g/mol. The molecule has 3 nitrogen and oxygen atoms in total. The smallest absolute Gasteiger partial charge is 0.226 e. The van der Waals surface area contributed by atoms with Crippen LogP contribution in [-0.2, 0) is 11.2 Å². The molecular formula is C22H29ClN2O. The highest BCUT2D eigenvalue weighted by Crippen LogP contribution is 2.22. The van der Waals surface area contributed by atoms with Gasteiger partial charge in [-0.3, -0.25) is 4.79 Å². The zero-order valence-corrected chi connectivity index (χ0v) is 16.3. The van der Waals surface area contributed by atoms with Gasteiger partial charge in [0, 0.05) is 13.1 Å². The van der Waals surface area contributed by atoms with Gasteiger partial charge in [0.15, 0.2) is 0 Å². The van der Waals surface area contributed by atoms with Crippen molar-refractivity contribution in [2.24, 2.45) is 5.92 Å². The molecule has 2 aromatic rings. The molecule has 1 aliphatic rings. The third-order valence-corrected chi connectivity index (χ3v) is 5.19. The first-order valence-electron chi connectivity index (χ1n) is 9.33. The normalized spacial score (nSPS) is 14.7.